The SMILES string of the molecule is C[C@H]1Nc2ccccc2NC1=O.Cc1ccccc1C. The van der Waals surface area contributed by atoms with Crippen LogP contribution in [-0.4, -0.2) is 11.9 Å². The van der Waals surface area contributed by atoms with Crippen LogP contribution in [0.5, 0.6) is 0 Å². The maximum absolute atomic E-state index is 11.2. The summed E-state index contributed by atoms with van der Waals surface area (Å²) in [5.41, 5.74) is 4.59. The number of hydrogen-bond acceptors (Lipinski definition) is 2. The molecule has 0 bridgehead atoms. The van der Waals surface area contributed by atoms with E-state index in [9.17, 15) is 4.79 Å². The van der Waals surface area contributed by atoms with Gasteiger partial charge in [0.15, 0.2) is 0 Å². The third-order valence-electron chi connectivity index (χ3n) is 3.38. The van der Waals surface area contributed by atoms with E-state index in [-0.39, 0.29) is 11.9 Å². The maximum atomic E-state index is 11.2. The summed E-state index contributed by atoms with van der Waals surface area (Å²) in [6, 6.07) is 15.9. The Bertz CT molecular complexity index is 586. The lowest BCUT2D eigenvalue weighted by atomic mass is 10.1. The standard InChI is InChI=1S/C9H10N2O.C8H10/c1-6-9(12)11-8-5-3-2-4-7(8)10-6;1-7-5-3-4-6-8(7)2/h2-6,10H,1H3,(H,11,12);3-6H,1-2H3/t6-;/m1./s1. The van der Waals surface area contributed by atoms with Crippen LogP contribution in [0.25, 0.3) is 0 Å². The summed E-state index contributed by atoms with van der Waals surface area (Å²) in [4.78, 5) is 11.2. The molecule has 3 rings (SSSR count). The van der Waals surface area contributed by atoms with Gasteiger partial charge in [0.05, 0.1) is 11.4 Å². The lowest BCUT2D eigenvalue weighted by molar-refractivity contribution is -0.116. The van der Waals surface area contributed by atoms with Gasteiger partial charge in [-0.3, -0.25) is 4.79 Å². The molecule has 0 spiro atoms. The molecule has 0 radical (unpaired) electrons. The number of amides is 1. The van der Waals surface area contributed by atoms with Crippen LogP contribution in [0, 0.1) is 13.8 Å². The van der Waals surface area contributed by atoms with Crippen molar-refractivity contribution in [3.05, 3.63) is 59.7 Å². The molecule has 2 aromatic carbocycles. The first kappa shape index (κ1) is 14.1. The minimum Gasteiger partial charge on any atom is -0.372 e. The molecule has 104 valence electrons. The molecule has 1 amide bonds. The summed E-state index contributed by atoms with van der Waals surface area (Å²) in [6.45, 7) is 6.08. The van der Waals surface area contributed by atoms with Crippen molar-refractivity contribution in [3.8, 4) is 0 Å². The van der Waals surface area contributed by atoms with Gasteiger partial charge in [0.1, 0.15) is 6.04 Å². The van der Waals surface area contributed by atoms with E-state index >= 15 is 0 Å². The van der Waals surface area contributed by atoms with Crippen LogP contribution < -0.4 is 10.6 Å². The molecule has 0 saturated heterocycles. The number of nitrogens with one attached hydrogen (secondary N) is 2. The van der Waals surface area contributed by atoms with Crippen LogP contribution in [0.1, 0.15) is 18.1 Å². The summed E-state index contributed by atoms with van der Waals surface area (Å²) in [6.07, 6.45) is 0. The molecule has 0 aliphatic carbocycles. The Morgan fingerprint density at radius 1 is 0.850 bits per heavy atom. The predicted octanol–water partition coefficient (Wildman–Crippen LogP) is 3.74. The quantitative estimate of drug-likeness (QED) is 0.764. The van der Waals surface area contributed by atoms with Crippen molar-refractivity contribution in [1.29, 1.82) is 0 Å². The highest BCUT2D eigenvalue weighted by molar-refractivity contribution is 6.02. The smallest absolute Gasteiger partial charge is 0.246 e. The van der Waals surface area contributed by atoms with Crippen molar-refractivity contribution in [1.82, 2.24) is 0 Å². The second kappa shape index (κ2) is 6.24. The van der Waals surface area contributed by atoms with Gasteiger partial charge in [0, 0.05) is 0 Å². The number of anilines is 2. The summed E-state index contributed by atoms with van der Waals surface area (Å²) in [5, 5.41) is 5.91. The van der Waals surface area contributed by atoms with Gasteiger partial charge in [-0.2, -0.15) is 0 Å². The zero-order valence-corrected chi connectivity index (χ0v) is 12.1. The Hall–Kier alpha value is -2.29. The van der Waals surface area contributed by atoms with E-state index in [4.69, 9.17) is 0 Å². The van der Waals surface area contributed by atoms with Crippen LogP contribution in [0.3, 0.4) is 0 Å². The van der Waals surface area contributed by atoms with E-state index in [1.54, 1.807) is 0 Å². The largest absolute Gasteiger partial charge is 0.372 e. The molecule has 2 N–H and O–H groups in total. The van der Waals surface area contributed by atoms with Gasteiger partial charge in [0.25, 0.3) is 0 Å². The number of carbonyl (C=O) groups is 1. The average molecular weight is 268 g/mol. The van der Waals surface area contributed by atoms with Gasteiger partial charge < -0.3 is 10.6 Å². The molecule has 3 heteroatoms. The molecule has 3 nitrogen and oxygen atoms in total. The normalized spacial score (nSPS) is 16.1. The lowest BCUT2D eigenvalue weighted by Gasteiger charge is -2.23. The second-order valence-electron chi connectivity index (χ2n) is 4.99. The third kappa shape index (κ3) is 3.38. The minimum absolute atomic E-state index is 0.0219. The van der Waals surface area contributed by atoms with Crippen LogP contribution in [-0.2, 0) is 4.79 Å². The van der Waals surface area contributed by atoms with Crippen molar-refractivity contribution < 1.29 is 4.79 Å². The molecule has 1 heterocycles. The molecule has 0 fully saturated rings. The highest BCUT2D eigenvalue weighted by Gasteiger charge is 2.19. The van der Waals surface area contributed by atoms with E-state index < -0.39 is 0 Å². The molecule has 0 unspecified atom stereocenters. The Kier molecular flexibility index (Phi) is 4.41. The first-order valence-electron chi connectivity index (χ1n) is 6.76. The number of carbonyl (C=O) groups excluding carboxylic acids is 1. The average Bonchev–Trinajstić information content (AvgIpc) is 2.44. The number of fused-ring (bicyclic) bond motifs is 1. The van der Waals surface area contributed by atoms with Crippen molar-refractivity contribution >= 4 is 17.3 Å². The molecule has 1 atom stereocenters. The molecule has 0 saturated carbocycles. The van der Waals surface area contributed by atoms with Crippen molar-refractivity contribution in [2.75, 3.05) is 10.6 Å². The minimum atomic E-state index is -0.139. The van der Waals surface area contributed by atoms with Gasteiger partial charge >= 0.3 is 0 Å². The Morgan fingerprint density at radius 2 is 1.35 bits per heavy atom. The number of para-hydroxylation sites is 2. The van der Waals surface area contributed by atoms with E-state index in [2.05, 4.69) is 48.7 Å². The van der Waals surface area contributed by atoms with Crippen molar-refractivity contribution in [2.24, 2.45) is 0 Å². The zero-order valence-electron chi connectivity index (χ0n) is 12.1. The predicted molar refractivity (Wildman–Crippen MR) is 84.1 cm³/mol. The number of benzene rings is 2. The van der Waals surface area contributed by atoms with Gasteiger partial charge in [-0.25, -0.2) is 0 Å². The van der Waals surface area contributed by atoms with Gasteiger partial charge in [-0.05, 0) is 44.0 Å². The molecule has 20 heavy (non-hydrogen) atoms. The molecule has 1 aliphatic heterocycles. The van der Waals surface area contributed by atoms with Crippen LogP contribution in [0.2, 0.25) is 0 Å². The molecule has 2 aromatic rings. The first-order valence-corrected chi connectivity index (χ1v) is 6.76. The Morgan fingerprint density at radius 3 is 1.90 bits per heavy atom. The van der Waals surface area contributed by atoms with E-state index in [1.807, 2.05) is 31.2 Å². The zero-order chi connectivity index (χ0) is 14.5. The Labute approximate surface area is 120 Å². The number of rotatable bonds is 0. The van der Waals surface area contributed by atoms with Crippen molar-refractivity contribution in [2.45, 2.75) is 26.8 Å². The molecule has 0 aromatic heterocycles. The number of aryl methyl sites for hydroxylation is 2. The van der Waals surface area contributed by atoms with Crippen LogP contribution >= 0.6 is 0 Å². The summed E-state index contributed by atoms with van der Waals surface area (Å²) < 4.78 is 0. The molecule has 1 aliphatic rings. The van der Waals surface area contributed by atoms with Crippen LogP contribution in [0.4, 0.5) is 11.4 Å². The Balaban J connectivity index is 0.000000160. The van der Waals surface area contributed by atoms with Gasteiger partial charge in [-0.1, -0.05) is 36.4 Å². The van der Waals surface area contributed by atoms with Gasteiger partial charge in [0.2, 0.25) is 5.91 Å². The maximum Gasteiger partial charge on any atom is 0.246 e. The number of hydrogen-bond donors (Lipinski definition) is 2. The highest BCUT2D eigenvalue weighted by Crippen LogP contribution is 2.25. The third-order valence-corrected chi connectivity index (χ3v) is 3.38. The summed E-state index contributed by atoms with van der Waals surface area (Å²) >= 11 is 0. The lowest BCUT2D eigenvalue weighted by Crippen LogP contribution is -2.36. The summed E-state index contributed by atoms with van der Waals surface area (Å²) in [7, 11) is 0. The van der Waals surface area contributed by atoms with E-state index in [0.717, 1.165) is 11.4 Å². The molecular weight excluding hydrogens is 248 g/mol. The molecular formula is C17H20N2O. The monoisotopic (exact) mass is 268 g/mol. The fraction of sp³-hybridized carbons (Fsp3) is 0.235. The highest BCUT2D eigenvalue weighted by atomic mass is 16.2. The second-order valence-corrected chi connectivity index (χ2v) is 4.99. The first-order chi connectivity index (χ1) is 9.58. The van der Waals surface area contributed by atoms with E-state index in [1.165, 1.54) is 11.1 Å². The van der Waals surface area contributed by atoms with Crippen molar-refractivity contribution in [3.63, 3.8) is 0 Å². The van der Waals surface area contributed by atoms with Crippen LogP contribution in [0.15, 0.2) is 48.5 Å². The fourth-order valence-corrected chi connectivity index (χ4v) is 1.92. The van der Waals surface area contributed by atoms with Gasteiger partial charge in [-0.15, -0.1) is 0 Å². The summed E-state index contributed by atoms with van der Waals surface area (Å²) in [5.74, 6) is 0.0219. The topological polar surface area (TPSA) is 41.1 Å². The fourth-order valence-electron chi connectivity index (χ4n) is 1.92. The van der Waals surface area contributed by atoms with E-state index in [0.29, 0.717) is 0 Å².